The molecule has 0 bridgehead atoms. The van der Waals surface area contributed by atoms with Gasteiger partial charge in [0.05, 0.1) is 37.6 Å². The van der Waals surface area contributed by atoms with E-state index in [4.69, 9.17) is 16.3 Å². The fourth-order valence-corrected chi connectivity index (χ4v) is 3.03. The zero-order valence-electron chi connectivity index (χ0n) is 13.9. The van der Waals surface area contributed by atoms with E-state index >= 15 is 0 Å². The first-order chi connectivity index (χ1) is 11.7. The maximum absolute atomic E-state index is 12.5. The highest BCUT2D eigenvalue weighted by Crippen LogP contribution is 2.36. The maximum Gasteiger partial charge on any atom is 0.238 e. The molecule has 0 radical (unpaired) electrons. The summed E-state index contributed by atoms with van der Waals surface area (Å²) in [5.74, 6) is 0.564. The third-order valence-electron chi connectivity index (χ3n) is 4.37. The van der Waals surface area contributed by atoms with Crippen LogP contribution in [0.15, 0.2) is 30.5 Å². The van der Waals surface area contributed by atoms with Crippen LogP contribution in [0, 0.1) is 0 Å². The Bertz CT molecular complexity index is 714. The summed E-state index contributed by atoms with van der Waals surface area (Å²) < 4.78 is 7.36. The molecule has 0 aliphatic heterocycles. The fourth-order valence-electron chi connectivity index (χ4n) is 2.88. The van der Waals surface area contributed by atoms with E-state index in [1.54, 1.807) is 18.2 Å². The standard InChI is InChI=1S/C17H21ClN4O2/c1-12(15-5-3-4-6-16(15)24-2)21(17(23)9-18)11-14-10-19-20-22(14)13-7-8-13/h3-6,10,12-13H,7-9,11H2,1-2H3/t12-/m0/s1. The number of hydrogen-bond donors (Lipinski definition) is 0. The van der Waals surface area contributed by atoms with Crippen LogP contribution in [0.4, 0.5) is 0 Å². The fraction of sp³-hybridized carbons (Fsp3) is 0.471. The van der Waals surface area contributed by atoms with Crippen LogP contribution in [-0.4, -0.2) is 38.8 Å². The van der Waals surface area contributed by atoms with Gasteiger partial charge in [-0.15, -0.1) is 16.7 Å². The van der Waals surface area contributed by atoms with Crippen LogP contribution >= 0.6 is 11.6 Å². The number of alkyl halides is 1. The van der Waals surface area contributed by atoms with Gasteiger partial charge in [0.15, 0.2) is 0 Å². The summed E-state index contributed by atoms with van der Waals surface area (Å²) in [5.41, 5.74) is 1.88. The molecule has 7 heteroatoms. The number of amides is 1. The summed E-state index contributed by atoms with van der Waals surface area (Å²) in [6.07, 6.45) is 3.95. The third kappa shape index (κ3) is 3.38. The highest BCUT2D eigenvalue weighted by atomic mass is 35.5. The topological polar surface area (TPSA) is 60.2 Å². The van der Waals surface area contributed by atoms with Gasteiger partial charge in [-0.3, -0.25) is 4.79 Å². The van der Waals surface area contributed by atoms with Crippen molar-refractivity contribution in [3.63, 3.8) is 0 Å². The lowest BCUT2D eigenvalue weighted by Crippen LogP contribution is -2.35. The zero-order valence-corrected chi connectivity index (χ0v) is 14.6. The first-order valence-electron chi connectivity index (χ1n) is 8.03. The van der Waals surface area contributed by atoms with Crippen LogP contribution in [0.25, 0.3) is 0 Å². The van der Waals surface area contributed by atoms with E-state index < -0.39 is 0 Å². The molecule has 1 aliphatic carbocycles. The van der Waals surface area contributed by atoms with E-state index in [2.05, 4.69) is 10.3 Å². The van der Waals surface area contributed by atoms with Gasteiger partial charge in [-0.1, -0.05) is 23.4 Å². The first kappa shape index (κ1) is 16.8. The number of carbonyl (C=O) groups is 1. The van der Waals surface area contributed by atoms with E-state index in [1.807, 2.05) is 35.9 Å². The monoisotopic (exact) mass is 348 g/mol. The predicted octanol–water partition coefficient (Wildman–Crippen LogP) is 2.95. The van der Waals surface area contributed by atoms with Crippen molar-refractivity contribution in [3.05, 3.63) is 41.7 Å². The van der Waals surface area contributed by atoms with Crippen LogP contribution in [0.3, 0.4) is 0 Å². The average molecular weight is 349 g/mol. The second-order valence-electron chi connectivity index (χ2n) is 5.97. The minimum Gasteiger partial charge on any atom is -0.496 e. The lowest BCUT2D eigenvalue weighted by atomic mass is 10.1. The number of rotatable bonds is 7. The minimum absolute atomic E-state index is 0.0650. The SMILES string of the molecule is COc1ccccc1[C@H](C)N(Cc1cnnn1C1CC1)C(=O)CCl. The van der Waals surface area contributed by atoms with E-state index in [9.17, 15) is 4.79 Å². The van der Waals surface area contributed by atoms with Crippen molar-refractivity contribution in [3.8, 4) is 5.75 Å². The molecule has 1 aliphatic rings. The highest BCUT2D eigenvalue weighted by molar-refractivity contribution is 6.27. The molecule has 1 aromatic carbocycles. The Morgan fingerprint density at radius 1 is 1.46 bits per heavy atom. The van der Waals surface area contributed by atoms with Gasteiger partial charge in [0.25, 0.3) is 0 Å². The molecule has 128 valence electrons. The Kier molecular flexibility index (Phi) is 5.04. The summed E-state index contributed by atoms with van der Waals surface area (Å²) >= 11 is 5.85. The van der Waals surface area contributed by atoms with Crippen LogP contribution < -0.4 is 4.74 Å². The highest BCUT2D eigenvalue weighted by Gasteiger charge is 2.29. The molecular weight excluding hydrogens is 328 g/mol. The van der Waals surface area contributed by atoms with Crippen molar-refractivity contribution in [2.75, 3.05) is 13.0 Å². The van der Waals surface area contributed by atoms with E-state index in [0.717, 1.165) is 29.8 Å². The summed E-state index contributed by atoms with van der Waals surface area (Å²) in [6, 6.07) is 7.95. The van der Waals surface area contributed by atoms with Gasteiger partial charge in [0.2, 0.25) is 5.91 Å². The van der Waals surface area contributed by atoms with Gasteiger partial charge in [-0.25, -0.2) is 4.68 Å². The molecule has 0 saturated heterocycles. The van der Waals surface area contributed by atoms with Crippen molar-refractivity contribution in [1.29, 1.82) is 0 Å². The Balaban J connectivity index is 1.88. The Morgan fingerprint density at radius 3 is 2.88 bits per heavy atom. The minimum atomic E-state index is -0.171. The van der Waals surface area contributed by atoms with E-state index in [0.29, 0.717) is 12.6 Å². The Morgan fingerprint density at radius 2 is 2.21 bits per heavy atom. The molecule has 1 heterocycles. The lowest BCUT2D eigenvalue weighted by Gasteiger charge is -2.30. The number of benzene rings is 1. The van der Waals surface area contributed by atoms with Crippen molar-refractivity contribution in [2.24, 2.45) is 0 Å². The molecule has 0 N–H and O–H groups in total. The van der Waals surface area contributed by atoms with Crippen molar-refractivity contribution >= 4 is 17.5 Å². The normalized spacial score (nSPS) is 15.1. The summed E-state index contributed by atoms with van der Waals surface area (Å²) in [5, 5.41) is 8.16. The summed E-state index contributed by atoms with van der Waals surface area (Å²) in [6.45, 7) is 2.40. The Hall–Kier alpha value is -2.08. The second-order valence-corrected chi connectivity index (χ2v) is 6.24. The summed E-state index contributed by atoms with van der Waals surface area (Å²) in [7, 11) is 1.63. The number of nitrogens with zero attached hydrogens (tertiary/aromatic N) is 4. The number of methoxy groups -OCH3 is 1. The van der Waals surface area contributed by atoms with Gasteiger partial charge in [0, 0.05) is 5.56 Å². The van der Waals surface area contributed by atoms with Crippen molar-refractivity contribution in [2.45, 2.75) is 38.4 Å². The number of aromatic nitrogens is 3. The molecule has 6 nitrogen and oxygen atoms in total. The van der Waals surface area contributed by atoms with E-state index in [-0.39, 0.29) is 17.8 Å². The van der Waals surface area contributed by atoms with Gasteiger partial charge in [-0.2, -0.15) is 0 Å². The van der Waals surface area contributed by atoms with E-state index in [1.165, 1.54) is 0 Å². The van der Waals surface area contributed by atoms with Crippen LogP contribution in [-0.2, 0) is 11.3 Å². The molecule has 1 saturated carbocycles. The summed E-state index contributed by atoms with van der Waals surface area (Å²) in [4.78, 5) is 14.2. The molecule has 2 aromatic rings. The lowest BCUT2D eigenvalue weighted by molar-refractivity contribution is -0.131. The molecule has 1 amide bonds. The number of halogens is 1. The molecule has 0 spiro atoms. The first-order valence-corrected chi connectivity index (χ1v) is 8.56. The maximum atomic E-state index is 12.5. The van der Waals surface area contributed by atoms with Crippen LogP contribution in [0.2, 0.25) is 0 Å². The average Bonchev–Trinajstić information content (AvgIpc) is 3.36. The number of hydrogen-bond acceptors (Lipinski definition) is 4. The molecular formula is C17H21ClN4O2. The quantitative estimate of drug-likeness (QED) is 0.722. The molecule has 3 rings (SSSR count). The molecule has 1 fully saturated rings. The van der Waals surface area contributed by atoms with Gasteiger partial charge < -0.3 is 9.64 Å². The molecule has 0 unspecified atom stereocenters. The van der Waals surface area contributed by atoms with Gasteiger partial charge in [0.1, 0.15) is 11.6 Å². The van der Waals surface area contributed by atoms with Crippen LogP contribution in [0.1, 0.15) is 43.1 Å². The number of carbonyl (C=O) groups excluding carboxylic acids is 1. The van der Waals surface area contributed by atoms with Gasteiger partial charge in [-0.05, 0) is 25.8 Å². The molecule has 1 atom stereocenters. The number of para-hydroxylation sites is 1. The third-order valence-corrected chi connectivity index (χ3v) is 4.59. The van der Waals surface area contributed by atoms with Crippen molar-refractivity contribution in [1.82, 2.24) is 19.9 Å². The largest absolute Gasteiger partial charge is 0.496 e. The Labute approximate surface area is 146 Å². The van der Waals surface area contributed by atoms with Gasteiger partial charge >= 0.3 is 0 Å². The van der Waals surface area contributed by atoms with Crippen molar-refractivity contribution < 1.29 is 9.53 Å². The molecule has 1 aromatic heterocycles. The van der Waals surface area contributed by atoms with Crippen LogP contribution in [0.5, 0.6) is 5.75 Å². The smallest absolute Gasteiger partial charge is 0.238 e. The molecule has 24 heavy (non-hydrogen) atoms. The zero-order chi connectivity index (χ0) is 17.1. The second kappa shape index (κ2) is 7.21. The number of ether oxygens (including phenoxy) is 1. The predicted molar refractivity (Wildman–Crippen MR) is 91.0 cm³/mol.